The van der Waals surface area contributed by atoms with Crippen LogP contribution in [-0.4, -0.2) is 34.3 Å². The number of benzene rings is 1. The molecule has 0 N–H and O–H groups in total. The highest BCUT2D eigenvalue weighted by molar-refractivity contribution is 6.16. The maximum atomic E-state index is 12.6. The van der Waals surface area contributed by atoms with E-state index in [1.54, 1.807) is 20.8 Å². The predicted octanol–water partition coefficient (Wildman–Crippen LogP) is 3.79. The number of amides is 2. The van der Waals surface area contributed by atoms with Crippen molar-refractivity contribution in [1.29, 1.82) is 0 Å². The van der Waals surface area contributed by atoms with Crippen LogP contribution in [0.15, 0.2) is 47.6 Å². The Labute approximate surface area is 143 Å². The van der Waals surface area contributed by atoms with E-state index in [4.69, 9.17) is 4.74 Å². The molecule has 1 heterocycles. The van der Waals surface area contributed by atoms with Crippen molar-refractivity contribution in [2.24, 2.45) is 10.9 Å². The van der Waals surface area contributed by atoms with Gasteiger partial charge in [-0.05, 0) is 32.3 Å². The van der Waals surface area contributed by atoms with Crippen molar-refractivity contribution in [2.45, 2.75) is 46.3 Å². The topological polar surface area (TPSA) is 59.0 Å². The summed E-state index contributed by atoms with van der Waals surface area (Å²) >= 11 is 0. The lowest BCUT2D eigenvalue weighted by molar-refractivity contribution is -0.128. The number of aliphatic imine (C=N–C) groups is 1. The molecule has 1 aromatic rings. The van der Waals surface area contributed by atoms with Gasteiger partial charge in [-0.2, -0.15) is 0 Å². The van der Waals surface area contributed by atoms with Crippen molar-refractivity contribution in [3.8, 4) is 0 Å². The van der Waals surface area contributed by atoms with Crippen LogP contribution in [0.2, 0.25) is 0 Å². The molecule has 1 aromatic carbocycles. The molecule has 5 heteroatoms. The molecule has 0 saturated carbocycles. The number of carbonyl (C=O) groups is 2. The molecule has 1 aliphatic heterocycles. The summed E-state index contributed by atoms with van der Waals surface area (Å²) in [5.74, 6) is -0.531. The number of nitrogens with zero attached hydrogens (tertiary/aromatic N) is 2. The molecule has 1 aliphatic rings. The summed E-state index contributed by atoms with van der Waals surface area (Å²) in [6.07, 6.45) is -0.671. The molecule has 1 atom stereocenters. The molecule has 0 aliphatic carbocycles. The maximum absolute atomic E-state index is 12.6. The minimum atomic E-state index is -0.693. The first-order chi connectivity index (χ1) is 11.1. The Hall–Kier alpha value is -2.43. The highest BCUT2D eigenvalue weighted by Crippen LogP contribution is 2.27. The third-order valence-corrected chi connectivity index (χ3v) is 3.57. The van der Waals surface area contributed by atoms with E-state index in [2.05, 4.69) is 11.6 Å². The number of hydrogen-bond donors (Lipinski definition) is 0. The van der Waals surface area contributed by atoms with E-state index >= 15 is 0 Å². The number of ether oxygens (including phenoxy) is 1. The zero-order chi connectivity index (χ0) is 18.1. The van der Waals surface area contributed by atoms with Gasteiger partial charge in [0.05, 0.1) is 11.8 Å². The van der Waals surface area contributed by atoms with Gasteiger partial charge in [0.25, 0.3) is 5.91 Å². The van der Waals surface area contributed by atoms with Crippen LogP contribution in [0.1, 0.15) is 40.2 Å². The van der Waals surface area contributed by atoms with E-state index in [-0.39, 0.29) is 11.6 Å². The van der Waals surface area contributed by atoms with Gasteiger partial charge in [-0.3, -0.25) is 4.79 Å². The zero-order valence-corrected chi connectivity index (χ0v) is 14.9. The summed E-state index contributed by atoms with van der Waals surface area (Å²) in [7, 11) is 0. The van der Waals surface area contributed by atoms with E-state index < -0.39 is 23.6 Å². The molecule has 5 nitrogen and oxygen atoms in total. The Morgan fingerprint density at radius 2 is 1.83 bits per heavy atom. The number of rotatable bonds is 2. The maximum Gasteiger partial charge on any atom is 0.418 e. The van der Waals surface area contributed by atoms with E-state index in [1.165, 1.54) is 0 Å². The van der Waals surface area contributed by atoms with Crippen molar-refractivity contribution in [2.75, 3.05) is 0 Å². The third-order valence-electron chi connectivity index (χ3n) is 3.57. The lowest BCUT2D eigenvalue weighted by Crippen LogP contribution is -2.55. The largest absolute Gasteiger partial charge is 0.443 e. The fourth-order valence-corrected chi connectivity index (χ4v) is 2.61. The van der Waals surface area contributed by atoms with Gasteiger partial charge >= 0.3 is 6.09 Å². The predicted molar refractivity (Wildman–Crippen MR) is 93.8 cm³/mol. The molecular weight excluding hydrogens is 304 g/mol. The van der Waals surface area contributed by atoms with Gasteiger partial charge in [-0.1, -0.05) is 50.8 Å². The molecule has 0 radical (unpaired) electrons. The summed E-state index contributed by atoms with van der Waals surface area (Å²) in [5, 5.41) is 0. The van der Waals surface area contributed by atoms with Crippen LogP contribution in [0.3, 0.4) is 0 Å². The summed E-state index contributed by atoms with van der Waals surface area (Å²) in [6.45, 7) is 12.9. The van der Waals surface area contributed by atoms with Crippen LogP contribution < -0.4 is 0 Å². The highest BCUT2D eigenvalue weighted by Gasteiger charge is 2.42. The molecule has 24 heavy (non-hydrogen) atoms. The van der Waals surface area contributed by atoms with Crippen LogP contribution in [0.5, 0.6) is 0 Å². The van der Waals surface area contributed by atoms with Crippen molar-refractivity contribution in [3.63, 3.8) is 0 Å². The minimum Gasteiger partial charge on any atom is -0.443 e. The molecule has 0 saturated heterocycles. The first kappa shape index (κ1) is 17.9. The second kappa shape index (κ2) is 6.59. The fourth-order valence-electron chi connectivity index (χ4n) is 2.61. The van der Waals surface area contributed by atoms with Gasteiger partial charge in [0.15, 0.2) is 0 Å². The van der Waals surface area contributed by atoms with Crippen molar-refractivity contribution < 1.29 is 14.3 Å². The first-order valence-corrected chi connectivity index (χ1v) is 8.01. The second-order valence-electron chi connectivity index (χ2n) is 7.15. The Bertz CT molecular complexity index is 684. The van der Waals surface area contributed by atoms with Crippen LogP contribution in [0, 0.1) is 5.92 Å². The molecular formula is C19H24N2O3. The van der Waals surface area contributed by atoms with Crippen LogP contribution in [-0.2, 0) is 9.53 Å². The van der Waals surface area contributed by atoms with Crippen molar-refractivity contribution in [3.05, 3.63) is 48.2 Å². The highest BCUT2D eigenvalue weighted by atomic mass is 16.6. The monoisotopic (exact) mass is 328 g/mol. The lowest BCUT2D eigenvalue weighted by atomic mass is 9.91. The van der Waals surface area contributed by atoms with Gasteiger partial charge in [-0.15, -0.1) is 0 Å². The van der Waals surface area contributed by atoms with Crippen LogP contribution in [0.4, 0.5) is 4.79 Å². The average Bonchev–Trinajstić information content (AvgIpc) is 2.48. The lowest BCUT2D eigenvalue weighted by Gasteiger charge is -2.37. The Kier molecular flexibility index (Phi) is 4.92. The molecule has 2 rings (SSSR count). The number of imide groups is 1. The second-order valence-corrected chi connectivity index (χ2v) is 7.15. The van der Waals surface area contributed by atoms with Gasteiger partial charge < -0.3 is 4.74 Å². The summed E-state index contributed by atoms with van der Waals surface area (Å²) in [5.41, 5.74) is 0.859. The normalized spacial score (nSPS) is 18.7. The minimum absolute atomic E-state index is 0.0199. The van der Waals surface area contributed by atoms with Gasteiger partial charge in [0.1, 0.15) is 11.3 Å². The van der Waals surface area contributed by atoms with Crippen molar-refractivity contribution >= 4 is 17.7 Å². The molecule has 0 bridgehead atoms. The standard InChI is InChI=1S/C19H24N2O3/c1-12(2)16-15(14-10-8-7-9-11-14)20-13(3)17(22)21(16)18(23)24-19(4,5)6/h7-12,16H,3H2,1-2,4-6H3/t16-/m0/s1. The molecule has 0 aromatic heterocycles. The molecule has 2 amide bonds. The molecule has 0 spiro atoms. The molecule has 0 unspecified atom stereocenters. The Balaban J connectivity index is 2.50. The quantitative estimate of drug-likeness (QED) is 0.776. The summed E-state index contributed by atoms with van der Waals surface area (Å²) < 4.78 is 5.43. The third kappa shape index (κ3) is 3.72. The van der Waals surface area contributed by atoms with Gasteiger partial charge in [0.2, 0.25) is 0 Å². The Morgan fingerprint density at radius 3 is 2.33 bits per heavy atom. The van der Waals surface area contributed by atoms with E-state index in [0.29, 0.717) is 5.71 Å². The van der Waals surface area contributed by atoms with E-state index in [0.717, 1.165) is 10.5 Å². The van der Waals surface area contributed by atoms with Crippen LogP contribution >= 0.6 is 0 Å². The summed E-state index contributed by atoms with van der Waals surface area (Å²) in [6, 6.07) is 9.01. The van der Waals surface area contributed by atoms with Gasteiger partial charge in [-0.25, -0.2) is 14.7 Å². The van der Waals surface area contributed by atoms with Crippen LogP contribution in [0.25, 0.3) is 0 Å². The van der Waals surface area contributed by atoms with E-state index in [9.17, 15) is 9.59 Å². The SMILES string of the molecule is C=C1N=C(c2ccccc2)[C@H](C(C)C)N(C(=O)OC(C)(C)C)C1=O. The number of carbonyl (C=O) groups excluding carboxylic acids is 2. The zero-order valence-electron chi connectivity index (χ0n) is 14.9. The number of hydrogen-bond acceptors (Lipinski definition) is 4. The van der Waals surface area contributed by atoms with E-state index in [1.807, 2.05) is 44.2 Å². The van der Waals surface area contributed by atoms with Gasteiger partial charge in [0, 0.05) is 0 Å². The molecule has 128 valence electrons. The smallest absolute Gasteiger partial charge is 0.418 e. The first-order valence-electron chi connectivity index (χ1n) is 8.01. The molecule has 0 fully saturated rings. The average molecular weight is 328 g/mol. The van der Waals surface area contributed by atoms with Crippen molar-refractivity contribution in [1.82, 2.24) is 4.90 Å². The summed E-state index contributed by atoms with van der Waals surface area (Å²) in [4.78, 5) is 30.7. The fraction of sp³-hybridized carbons (Fsp3) is 0.421. The Morgan fingerprint density at radius 1 is 1.25 bits per heavy atom.